The quantitative estimate of drug-likeness (QED) is 0.658. The fourth-order valence-electron chi connectivity index (χ4n) is 2.61. The van der Waals surface area contributed by atoms with Crippen LogP contribution in [0.2, 0.25) is 0 Å². The van der Waals surface area contributed by atoms with Crippen molar-refractivity contribution in [1.82, 2.24) is 9.97 Å². The van der Waals surface area contributed by atoms with Crippen LogP contribution in [0, 0.1) is 10.1 Å². The van der Waals surface area contributed by atoms with Gasteiger partial charge >= 0.3 is 5.69 Å². The van der Waals surface area contributed by atoms with E-state index in [0.29, 0.717) is 18.2 Å². The molecule has 0 spiro atoms. The molecule has 1 fully saturated rings. The van der Waals surface area contributed by atoms with E-state index in [1.165, 1.54) is 6.33 Å². The van der Waals surface area contributed by atoms with Gasteiger partial charge < -0.3 is 10.2 Å². The Morgan fingerprint density at radius 3 is 2.80 bits per heavy atom. The highest BCUT2D eigenvalue weighted by atomic mass is 16.6. The molecule has 0 atom stereocenters. The molecule has 1 saturated heterocycles. The maximum atomic E-state index is 11.4. The van der Waals surface area contributed by atoms with E-state index in [9.17, 15) is 10.1 Å². The maximum absolute atomic E-state index is 11.4. The van der Waals surface area contributed by atoms with Crippen molar-refractivity contribution in [2.45, 2.75) is 45.6 Å². The standard InChI is InChI=1S/C13H21N5O2/c1-4-7-14-11-10(18(19)20)12(16-9-15-11)17-8-5-6-13(17,2)3/h9H,4-8H2,1-3H3,(H,14,15,16). The minimum absolute atomic E-state index is 0.0177. The normalized spacial score (nSPS) is 17.2. The molecule has 7 heteroatoms. The average molecular weight is 279 g/mol. The third kappa shape index (κ3) is 2.66. The third-order valence-corrected chi connectivity index (χ3v) is 3.68. The first kappa shape index (κ1) is 14.5. The van der Waals surface area contributed by atoms with Crippen molar-refractivity contribution >= 4 is 17.3 Å². The van der Waals surface area contributed by atoms with Gasteiger partial charge in [-0.2, -0.15) is 0 Å². The molecule has 0 saturated carbocycles. The van der Waals surface area contributed by atoms with Crippen molar-refractivity contribution in [3.8, 4) is 0 Å². The molecular weight excluding hydrogens is 258 g/mol. The number of aromatic nitrogens is 2. The van der Waals surface area contributed by atoms with E-state index in [4.69, 9.17) is 0 Å². The summed E-state index contributed by atoms with van der Waals surface area (Å²) in [5.41, 5.74) is -0.128. The predicted octanol–water partition coefficient (Wildman–Crippen LogP) is 2.59. The van der Waals surface area contributed by atoms with E-state index in [1.54, 1.807) is 0 Å². The molecule has 1 aliphatic rings. The van der Waals surface area contributed by atoms with Gasteiger partial charge in [0.05, 0.1) is 4.92 Å². The summed E-state index contributed by atoms with van der Waals surface area (Å²) in [7, 11) is 0. The van der Waals surface area contributed by atoms with Gasteiger partial charge in [0, 0.05) is 18.6 Å². The summed E-state index contributed by atoms with van der Waals surface area (Å²) in [4.78, 5) is 21.3. The van der Waals surface area contributed by atoms with E-state index >= 15 is 0 Å². The number of hydrogen-bond donors (Lipinski definition) is 1. The lowest BCUT2D eigenvalue weighted by molar-refractivity contribution is -0.383. The Morgan fingerprint density at radius 1 is 1.50 bits per heavy atom. The average Bonchev–Trinajstić information content (AvgIpc) is 2.75. The van der Waals surface area contributed by atoms with Gasteiger partial charge in [0.15, 0.2) is 0 Å². The highest BCUT2D eigenvalue weighted by molar-refractivity contribution is 5.71. The summed E-state index contributed by atoms with van der Waals surface area (Å²) in [6.07, 6.45) is 4.30. The Balaban J connectivity index is 2.44. The lowest BCUT2D eigenvalue weighted by Gasteiger charge is -2.32. The van der Waals surface area contributed by atoms with E-state index in [1.807, 2.05) is 11.8 Å². The van der Waals surface area contributed by atoms with Gasteiger partial charge in [0.2, 0.25) is 11.6 Å². The summed E-state index contributed by atoms with van der Waals surface area (Å²) in [6, 6.07) is 0. The first-order valence-electron chi connectivity index (χ1n) is 6.98. The minimum Gasteiger partial charge on any atom is -0.364 e. The fourth-order valence-corrected chi connectivity index (χ4v) is 2.61. The lowest BCUT2D eigenvalue weighted by atomic mass is 10.0. The van der Waals surface area contributed by atoms with Crippen molar-refractivity contribution in [1.29, 1.82) is 0 Å². The molecule has 1 aromatic rings. The first-order valence-corrected chi connectivity index (χ1v) is 6.98. The monoisotopic (exact) mass is 279 g/mol. The van der Waals surface area contributed by atoms with Crippen LogP contribution in [0.3, 0.4) is 0 Å². The van der Waals surface area contributed by atoms with Crippen LogP contribution >= 0.6 is 0 Å². The molecule has 0 unspecified atom stereocenters. The Morgan fingerprint density at radius 2 is 2.25 bits per heavy atom. The molecular formula is C13H21N5O2. The van der Waals surface area contributed by atoms with Crippen molar-refractivity contribution in [3.63, 3.8) is 0 Å². The van der Waals surface area contributed by atoms with Crippen LogP contribution in [0.25, 0.3) is 0 Å². The zero-order chi connectivity index (χ0) is 14.8. The van der Waals surface area contributed by atoms with E-state index in [2.05, 4.69) is 29.1 Å². The smallest absolute Gasteiger partial charge is 0.353 e. The molecule has 0 amide bonds. The minimum atomic E-state index is -0.387. The van der Waals surface area contributed by atoms with Gasteiger partial charge in [0.1, 0.15) is 6.33 Å². The second-order valence-corrected chi connectivity index (χ2v) is 5.65. The van der Waals surface area contributed by atoms with Crippen LogP contribution in [0.5, 0.6) is 0 Å². The second kappa shape index (κ2) is 5.60. The number of anilines is 2. The van der Waals surface area contributed by atoms with E-state index < -0.39 is 0 Å². The molecule has 0 aromatic carbocycles. The number of nitrogens with one attached hydrogen (secondary N) is 1. The van der Waals surface area contributed by atoms with Crippen molar-refractivity contribution < 1.29 is 4.92 Å². The van der Waals surface area contributed by atoms with Gasteiger partial charge in [-0.3, -0.25) is 10.1 Å². The van der Waals surface area contributed by atoms with E-state index in [-0.39, 0.29) is 16.1 Å². The zero-order valence-corrected chi connectivity index (χ0v) is 12.2. The molecule has 0 radical (unpaired) electrons. The van der Waals surface area contributed by atoms with Gasteiger partial charge in [-0.15, -0.1) is 0 Å². The Kier molecular flexibility index (Phi) is 4.06. The van der Waals surface area contributed by atoms with E-state index in [0.717, 1.165) is 25.8 Å². The summed E-state index contributed by atoms with van der Waals surface area (Å²) < 4.78 is 0. The number of nitrogens with zero attached hydrogens (tertiary/aromatic N) is 4. The Hall–Kier alpha value is -1.92. The zero-order valence-electron chi connectivity index (χ0n) is 12.2. The van der Waals surface area contributed by atoms with Gasteiger partial charge in [-0.05, 0) is 33.1 Å². The SMILES string of the molecule is CCCNc1ncnc(N2CCCC2(C)C)c1[N+](=O)[O-]. The molecule has 20 heavy (non-hydrogen) atoms. The number of hydrogen-bond acceptors (Lipinski definition) is 6. The number of rotatable bonds is 5. The second-order valence-electron chi connectivity index (χ2n) is 5.65. The van der Waals surface area contributed by atoms with Gasteiger partial charge in [-0.1, -0.05) is 6.92 Å². The largest absolute Gasteiger partial charge is 0.364 e. The lowest BCUT2D eigenvalue weighted by Crippen LogP contribution is -2.39. The Labute approximate surface area is 118 Å². The summed E-state index contributed by atoms with van der Waals surface area (Å²) in [6.45, 7) is 7.62. The highest BCUT2D eigenvalue weighted by Crippen LogP contribution is 2.39. The van der Waals surface area contributed by atoms with Crippen molar-refractivity contribution in [2.24, 2.45) is 0 Å². The summed E-state index contributed by atoms with van der Waals surface area (Å²) in [5, 5.41) is 14.4. The maximum Gasteiger partial charge on any atom is 0.353 e. The molecule has 0 bridgehead atoms. The molecule has 110 valence electrons. The van der Waals surface area contributed by atoms with Crippen molar-refractivity contribution in [2.75, 3.05) is 23.3 Å². The van der Waals surface area contributed by atoms with Crippen LogP contribution < -0.4 is 10.2 Å². The molecule has 1 aromatic heterocycles. The molecule has 7 nitrogen and oxygen atoms in total. The third-order valence-electron chi connectivity index (χ3n) is 3.68. The summed E-state index contributed by atoms with van der Waals surface area (Å²) in [5.74, 6) is 0.732. The predicted molar refractivity (Wildman–Crippen MR) is 78.1 cm³/mol. The fraction of sp³-hybridized carbons (Fsp3) is 0.692. The highest BCUT2D eigenvalue weighted by Gasteiger charge is 2.38. The van der Waals surface area contributed by atoms with Crippen LogP contribution in [0.1, 0.15) is 40.0 Å². The van der Waals surface area contributed by atoms with Crippen LogP contribution in [0.15, 0.2) is 6.33 Å². The van der Waals surface area contributed by atoms with Crippen LogP contribution in [-0.4, -0.2) is 33.5 Å². The first-order chi connectivity index (χ1) is 9.47. The van der Waals surface area contributed by atoms with Crippen LogP contribution in [-0.2, 0) is 0 Å². The van der Waals surface area contributed by atoms with Crippen LogP contribution in [0.4, 0.5) is 17.3 Å². The topological polar surface area (TPSA) is 84.2 Å². The molecule has 1 N–H and O–H groups in total. The number of nitro groups is 1. The van der Waals surface area contributed by atoms with Gasteiger partial charge in [0.25, 0.3) is 0 Å². The Bertz CT molecular complexity index is 504. The van der Waals surface area contributed by atoms with Crippen molar-refractivity contribution in [3.05, 3.63) is 16.4 Å². The molecule has 1 aliphatic heterocycles. The van der Waals surface area contributed by atoms with Gasteiger partial charge in [-0.25, -0.2) is 9.97 Å². The molecule has 2 heterocycles. The molecule has 0 aliphatic carbocycles. The summed E-state index contributed by atoms with van der Waals surface area (Å²) >= 11 is 0. The molecule has 2 rings (SSSR count).